The Kier molecular flexibility index (Phi) is 3.69. The van der Waals surface area contributed by atoms with Crippen LogP contribution in [0.4, 0.5) is 5.69 Å². The number of carbonyl (C=O) groups is 1. The molecule has 0 spiro atoms. The zero-order chi connectivity index (χ0) is 19.1. The van der Waals surface area contributed by atoms with Crippen LogP contribution < -0.4 is 26.7 Å². The van der Waals surface area contributed by atoms with Crippen molar-refractivity contribution in [2.75, 3.05) is 5.32 Å². The van der Waals surface area contributed by atoms with E-state index in [4.69, 9.17) is 0 Å². The Morgan fingerprint density at radius 2 is 1.21 bits per heavy atom. The van der Waals surface area contributed by atoms with Crippen LogP contribution in [0, 0.1) is 0 Å². The van der Waals surface area contributed by atoms with E-state index in [1.165, 1.54) is 6.92 Å². The van der Waals surface area contributed by atoms with E-state index in [1.807, 2.05) is 42.5 Å². The van der Waals surface area contributed by atoms with Crippen LogP contribution >= 0.6 is 0 Å². The Labute approximate surface area is 160 Å². The van der Waals surface area contributed by atoms with E-state index >= 15 is 0 Å². The number of aromatic amines is 4. The normalized spacial score (nSPS) is 12.3. The lowest BCUT2D eigenvalue weighted by Crippen LogP contribution is -2.15. The molecule has 5 heterocycles. The molecule has 4 aromatic heterocycles. The van der Waals surface area contributed by atoms with Gasteiger partial charge in [-0.2, -0.15) is 0 Å². The molecule has 0 aromatic carbocycles. The molecule has 1 amide bonds. The molecule has 0 unspecified atom stereocenters. The maximum Gasteiger partial charge on any atom is 0.221 e. The highest BCUT2D eigenvalue weighted by atomic mass is 16.1. The molecule has 0 saturated carbocycles. The Morgan fingerprint density at radius 1 is 0.679 bits per heavy atom. The fraction of sp³-hybridized carbons (Fsp3) is 0.0455. The minimum Gasteiger partial charge on any atom is -0.355 e. The summed E-state index contributed by atoms with van der Waals surface area (Å²) in [4.78, 5) is 25.2. The molecule has 1 aliphatic heterocycles. The number of carbonyl (C=O) groups excluding carboxylic acids is 1. The summed E-state index contributed by atoms with van der Waals surface area (Å²) in [6.45, 7) is 1.51. The SMILES string of the molecule is CC(=O)Nc1cc2[nH]c1=Cc1ccc([nH]1)C=c1ccc([nH]1)=Cc1ccc([nH]1)C=2. The van der Waals surface area contributed by atoms with Crippen molar-refractivity contribution in [3.05, 3.63) is 86.6 Å². The topological polar surface area (TPSA) is 92.3 Å². The zero-order valence-electron chi connectivity index (χ0n) is 15.3. The molecule has 5 N–H and O–H groups in total. The lowest BCUT2D eigenvalue weighted by Gasteiger charge is -1.96. The Balaban J connectivity index is 1.77. The number of H-pyrrole nitrogens is 4. The summed E-state index contributed by atoms with van der Waals surface area (Å²) in [5.74, 6) is -0.106. The fourth-order valence-corrected chi connectivity index (χ4v) is 3.43. The first kappa shape index (κ1) is 16.3. The van der Waals surface area contributed by atoms with Gasteiger partial charge in [0, 0.05) is 45.7 Å². The fourth-order valence-electron chi connectivity index (χ4n) is 3.43. The molecule has 0 saturated heterocycles. The van der Waals surface area contributed by atoms with E-state index in [0.717, 1.165) is 49.9 Å². The Bertz CT molecular complexity index is 1420. The average molecular weight is 369 g/mol. The van der Waals surface area contributed by atoms with E-state index in [2.05, 4.69) is 49.5 Å². The van der Waals surface area contributed by atoms with Gasteiger partial charge in [0.15, 0.2) is 0 Å². The van der Waals surface area contributed by atoms with Gasteiger partial charge in [-0.05, 0) is 66.8 Å². The summed E-state index contributed by atoms with van der Waals surface area (Å²) in [5, 5.41) is 6.68. The number of hydrogen-bond donors (Lipinski definition) is 5. The third kappa shape index (κ3) is 3.23. The van der Waals surface area contributed by atoms with Crippen LogP contribution in [-0.2, 0) is 4.79 Å². The van der Waals surface area contributed by atoms with Gasteiger partial charge in [-0.1, -0.05) is 0 Å². The number of anilines is 1. The second-order valence-electron chi connectivity index (χ2n) is 6.92. The maximum atomic E-state index is 11.6. The van der Waals surface area contributed by atoms with E-state index in [1.54, 1.807) is 0 Å². The van der Waals surface area contributed by atoms with Gasteiger partial charge in [0.1, 0.15) is 0 Å². The van der Waals surface area contributed by atoms with Crippen LogP contribution in [0.5, 0.6) is 0 Å². The van der Waals surface area contributed by atoms with Crippen LogP contribution in [0.25, 0.3) is 24.3 Å². The lowest BCUT2D eigenvalue weighted by molar-refractivity contribution is -0.114. The van der Waals surface area contributed by atoms with Crippen LogP contribution in [0.1, 0.15) is 29.7 Å². The van der Waals surface area contributed by atoms with Crippen molar-refractivity contribution in [3.63, 3.8) is 0 Å². The monoisotopic (exact) mass is 369 g/mol. The number of amides is 1. The maximum absolute atomic E-state index is 11.6. The first-order chi connectivity index (χ1) is 13.6. The number of fused-ring (bicyclic) bond motifs is 8. The predicted molar refractivity (Wildman–Crippen MR) is 110 cm³/mol. The molecule has 0 fully saturated rings. The third-order valence-corrected chi connectivity index (χ3v) is 4.61. The van der Waals surface area contributed by atoms with Crippen LogP contribution in [0.15, 0.2) is 42.5 Å². The molecule has 6 heteroatoms. The molecule has 4 aromatic rings. The highest BCUT2D eigenvalue weighted by Gasteiger charge is 2.03. The average Bonchev–Trinajstić information content (AvgIpc) is 3.40. The van der Waals surface area contributed by atoms with Gasteiger partial charge < -0.3 is 25.3 Å². The Morgan fingerprint density at radius 3 is 1.79 bits per heavy atom. The van der Waals surface area contributed by atoms with E-state index < -0.39 is 0 Å². The summed E-state index contributed by atoms with van der Waals surface area (Å²) < 4.78 is 0. The summed E-state index contributed by atoms with van der Waals surface area (Å²) in [5.41, 5.74) is 4.66. The van der Waals surface area contributed by atoms with E-state index in [0.29, 0.717) is 0 Å². The quantitative estimate of drug-likeness (QED) is 0.294. The van der Waals surface area contributed by atoms with Gasteiger partial charge in [0.05, 0.1) is 11.0 Å². The molecule has 6 nitrogen and oxygen atoms in total. The highest BCUT2D eigenvalue weighted by Crippen LogP contribution is 2.06. The molecule has 138 valence electrons. The van der Waals surface area contributed by atoms with Gasteiger partial charge in [0.2, 0.25) is 5.91 Å². The molecule has 0 aliphatic carbocycles. The van der Waals surface area contributed by atoms with Crippen LogP contribution in [0.3, 0.4) is 0 Å². The minimum atomic E-state index is -0.106. The molecule has 8 bridgehead atoms. The van der Waals surface area contributed by atoms with Crippen molar-refractivity contribution in [1.29, 1.82) is 0 Å². The molecule has 28 heavy (non-hydrogen) atoms. The standard InChI is InChI=1S/C22H19N5O/c1-13(28)23-21-12-20-10-18-5-4-16(25-18)8-14-2-3-15(24-14)9-17-6-7-19(26-17)11-22(21)27-20/h2-12,24-27H,1H3,(H,23,28). The molecule has 1 aliphatic rings. The van der Waals surface area contributed by atoms with E-state index in [9.17, 15) is 4.79 Å². The summed E-state index contributed by atoms with van der Waals surface area (Å²) in [6.07, 6.45) is 8.13. The van der Waals surface area contributed by atoms with Gasteiger partial charge in [0.25, 0.3) is 0 Å². The zero-order valence-corrected chi connectivity index (χ0v) is 15.3. The number of hydrogen-bond acceptors (Lipinski definition) is 1. The Hall–Kier alpha value is -3.93. The summed E-state index contributed by atoms with van der Waals surface area (Å²) >= 11 is 0. The molecular weight excluding hydrogens is 350 g/mol. The molecule has 0 radical (unpaired) electrons. The molecule has 5 rings (SSSR count). The summed E-state index contributed by atoms with van der Waals surface area (Å²) in [7, 11) is 0. The van der Waals surface area contributed by atoms with Crippen LogP contribution in [-0.4, -0.2) is 25.8 Å². The first-order valence-corrected chi connectivity index (χ1v) is 9.07. The van der Waals surface area contributed by atoms with Gasteiger partial charge >= 0.3 is 0 Å². The van der Waals surface area contributed by atoms with Crippen molar-refractivity contribution < 1.29 is 4.79 Å². The van der Waals surface area contributed by atoms with Crippen molar-refractivity contribution in [3.8, 4) is 0 Å². The number of rotatable bonds is 1. The van der Waals surface area contributed by atoms with E-state index in [-0.39, 0.29) is 5.91 Å². The van der Waals surface area contributed by atoms with Gasteiger partial charge in [-0.3, -0.25) is 4.79 Å². The van der Waals surface area contributed by atoms with Gasteiger partial charge in [-0.25, -0.2) is 0 Å². The molecule has 0 atom stereocenters. The van der Waals surface area contributed by atoms with Crippen LogP contribution in [0.2, 0.25) is 0 Å². The lowest BCUT2D eigenvalue weighted by atomic mass is 10.3. The van der Waals surface area contributed by atoms with Crippen molar-refractivity contribution in [2.24, 2.45) is 0 Å². The minimum absolute atomic E-state index is 0.106. The third-order valence-electron chi connectivity index (χ3n) is 4.61. The highest BCUT2D eigenvalue weighted by molar-refractivity contribution is 5.89. The second kappa shape index (κ2) is 6.35. The van der Waals surface area contributed by atoms with Crippen molar-refractivity contribution in [1.82, 2.24) is 19.9 Å². The molecular formula is C22H19N5O. The van der Waals surface area contributed by atoms with Crippen molar-refractivity contribution in [2.45, 2.75) is 6.92 Å². The smallest absolute Gasteiger partial charge is 0.221 e. The number of nitrogens with one attached hydrogen (secondary N) is 5. The van der Waals surface area contributed by atoms with Crippen molar-refractivity contribution >= 4 is 35.9 Å². The first-order valence-electron chi connectivity index (χ1n) is 9.07. The second-order valence-corrected chi connectivity index (χ2v) is 6.92. The summed E-state index contributed by atoms with van der Waals surface area (Å²) in [6, 6.07) is 14.1. The predicted octanol–water partition coefficient (Wildman–Crippen LogP) is 0.586. The number of aromatic nitrogens is 4. The largest absolute Gasteiger partial charge is 0.355 e. The van der Waals surface area contributed by atoms with Gasteiger partial charge in [-0.15, -0.1) is 0 Å².